The minimum Gasteiger partial charge on any atom is -0.483 e. The molecule has 0 aliphatic heterocycles. The molecule has 1 N–H and O–H groups in total. The zero-order valence-electron chi connectivity index (χ0n) is 12.1. The standard InChI is InChI=1S/C13H20N6O/c1-4-7-14-8-11-12(6-5-10(2)15-11)20-9-13-16-18-19(3)17-13/h5-6,14H,4,7-9H2,1-3H3. The minimum absolute atomic E-state index is 0.291. The Morgan fingerprint density at radius 3 is 2.90 bits per heavy atom. The Kier molecular flexibility index (Phi) is 5.00. The number of hydrogen-bond donors (Lipinski definition) is 1. The van der Waals surface area contributed by atoms with E-state index in [2.05, 4.69) is 32.6 Å². The van der Waals surface area contributed by atoms with Crippen molar-refractivity contribution in [2.24, 2.45) is 7.05 Å². The summed E-state index contributed by atoms with van der Waals surface area (Å²) >= 11 is 0. The van der Waals surface area contributed by atoms with Gasteiger partial charge in [0.1, 0.15) is 5.75 Å². The summed E-state index contributed by atoms with van der Waals surface area (Å²) in [5.41, 5.74) is 1.88. The van der Waals surface area contributed by atoms with Gasteiger partial charge in [0.15, 0.2) is 6.61 Å². The van der Waals surface area contributed by atoms with Gasteiger partial charge in [-0.15, -0.1) is 10.2 Å². The smallest absolute Gasteiger partial charge is 0.212 e. The summed E-state index contributed by atoms with van der Waals surface area (Å²) in [7, 11) is 1.73. The summed E-state index contributed by atoms with van der Waals surface area (Å²) in [6.45, 7) is 6.05. The number of aromatic nitrogens is 5. The summed E-state index contributed by atoms with van der Waals surface area (Å²) in [5.74, 6) is 1.31. The SMILES string of the molecule is CCCNCc1nc(C)ccc1OCc1nnn(C)n1. The first-order valence-electron chi connectivity index (χ1n) is 6.72. The molecule has 0 aliphatic rings. The average Bonchev–Trinajstić information content (AvgIpc) is 2.84. The molecule has 0 aromatic carbocycles. The van der Waals surface area contributed by atoms with Crippen LogP contribution in [-0.2, 0) is 20.2 Å². The highest BCUT2D eigenvalue weighted by atomic mass is 16.5. The van der Waals surface area contributed by atoms with Crippen LogP contribution in [0.2, 0.25) is 0 Å². The van der Waals surface area contributed by atoms with Crippen LogP contribution in [0, 0.1) is 6.92 Å². The molecule has 0 saturated heterocycles. The molecule has 0 saturated carbocycles. The molecule has 0 aliphatic carbocycles. The Morgan fingerprint density at radius 2 is 2.20 bits per heavy atom. The summed E-state index contributed by atoms with van der Waals surface area (Å²) in [6.07, 6.45) is 1.09. The molecule has 2 aromatic rings. The van der Waals surface area contributed by atoms with Crippen LogP contribution in [0.15, 0.2) is 12.1 Å². The van der Waals surface area contributed by atoms with E-state index < -0.39 is 0 Å². The second-order valence-corrected chi connectivity index (χ2v) is 4.56. The second-order valence-electron chi connectivity index (χ2n) is 4.56. The van der Waals surface area contributed by atoms with Crippen molar-refractivity contribution in [1.82, 2.24) is 30.5 Å². The highest BCUT2D eigenvalue weighted by Crippen LogP contribution is 2.17. The molecule has 0 amide bonds. The number of ether oxygens (including phenoxy) is 1. The number of hydrogen-bond acceptors (Lipinski definition) is 6. The minimum atomic E-state index is 0.291. The van der Waals surface area contributed by atoms with E-state index in [0.29, 0.717) is 19.0 Å². The number of aryl methyl sites for hydroxylation is 2. The van der Waals surface area contributed by atoms with Crippen LogP contribution >= 0.6 is 0 Å². The maximum absolute atomic E-state index is 5.74. The van der Waals surface area contributed by atoms with Gasteiger partial charge in [-0.2, -0.15) is 4.80 Å². The molecule has 0 spiro atoms. The molecular weight excluding hydrogens is 256 g/mol. The van der Waals surface area contributed by atoms with Crippen LogP contribution in [-0.4, -0.2) is 31.7 Å². The van der Waals surface area contributed by atoms with Gasteiger partial charge in [0.2, 0.25) is 5.82 Å². The molecule has 0 unspecified atom stereocenters. The molecule has 0 atom stereocenters. The fourth-order valence-corrected chi connectivity index (χ4v) is 1.76. The summed E-state index contributed by atoms with van der Waals surface area (Å²) < 4.78 is 5.74. The summed E-state index contributed by atoms with van der Waals surface area (Å²) in [5, 5.41) is 15.1. The lowest BCUT2D eigenvalue weighted by Gasteiger charge is -2.10. The van der Waals surface area contributed by atoms with E-state index >= 15 is 0 Å². The Labute approximate surface area is 118 Å². The monoisotopic (exact) mass is 276 g/mol. The molecular formula is C13H20N6O. The van der Waals surface area contributed by atoms with E-state index in [0.717, 1.165) is 30.1 Å². The van der Waals surface area contributed by atoms with E-state index in [1.807, 2.05) is 19.1 Å². The number of tetrazole rings is 1. The van der Waals surface area contributed by atoms with Crippen molar-refractivity contribution in [3.05, 3.63) is 29.3 Å². The van der Waals surface area contributed by atoms with Crippen molar-refractivity contribution >= 4 is 0 Å². The van der Waals surface area contributed by atoms with Gasteiger partial charge in [-0.3, -0.25) is 4.98 Å². The number of nitrogens with one attached hydrogen (secondary N) is 1. The first-order valence-corrected chi connectivity index (χ1v) is 6.72. The van der Waals surface area contributed by atoms with E-state index in [9.17, 15) is 0 Å². The molecule has 20 heavy (non-hydrogen) atoms. The maximum atomic E-state index is 5.74. The van der Waals surface area contributed by atoms with Crippen molar-refractivity contribution in [2.75, 3.05) is 6.54 Å². The first-order chi connectivity index (χ1) is 9.69. The molecule has 2 heterocycles. The van der Waals surface area contributed by atoms with Crippen LogP contribution in [0.1, 0.15) is 30.6 Å². The van der Waals surface area contributed by atoms with Gasteiger partial charge in [0.25, 0.3) is 0 Å². The van der Waals surface area contributed by atoms with Crippen LogP contribution in [0.25, 0.3) is 0 Å². The summed E-state index contributed by atoms with van der Waals surface area (Å²) in [4.78, 5) is 5.93. The largest absolute Gasteiger partial charge is 0.483 e. The van der Waals surface area contributed by atoms with Crippen LogP contribution in [0.5, 0.6) is 5.75 Å². The topological polar surface area (TPSA) is 77.8 Å². The fraction of sp³-hybridized carbons (Fsp3) is 0.538. The molecule has 7 heteroatoms. The number of rotatable bonds is 7. The van der Waals surface area contributed by atoms with Gasteiger partial charge >= 0.3 is 0 Å². The van der Waals surface area contributed by atoms with Crippen molar-refractivity contribution < 1.29 is 4.74 Å². The molecule has 108 valence electrons. The van der Waals surface area contributed by atoms with Gasteiger partial charge in [-0.1, -0.05) is 6.92 Å². The van der Waals surface area contributed by atoms with Crippen molar-refractivity contribution in [1.29, 1.82) is 0 Å². The zero-order valence-corrected chi connectivity index (χ0v) is 12.1. The fourth-order valence-electron chi connectivity index (χ4n) is 1.76. The predicted octanol–water partition coefficient (Wildman–Crippen LogP) is 0.992. The van der Waals surface area contributed by atoms with Crippen molar-refractivity contribution in [2.45, 2.75) is 33.4 Å². The van der Waals surface area contributed by atoms with E-state index in [1.165, 1.54) is 4.80 Å². The lowest BCUT2D eigenvalue weighted by molar-refractivity contribution is 0.289. The van der Waals surface area contributed by atoms with Gasteiger partial charge in [-0.05, 0) is 37.2 Å². The lowest BCUT2D eigenvalue weighted by atomic mass is 10.2. The van der Waals surface area contributed by atoms with Crippen molar-refractivity contribution in [3.63, 3.8) is 0 Å². The van der Waals surface area contributed by atoms with Gasteiger partial charge < -0.3 is 10.1 Å². The van der Waals surface area contributed by atoms with Gasteiger partial charge in [0, 0.05) is 12.2 Å². The average molecular weight is 276 g/mol. The van der Waals surface area contributed by atoms with Gasteiger partial charge in [-0.25, -0.2) is 0 Å². The quantitative estimate of drug-likeness (QED) is 0.760. The van der Waals surface area contributed by atoms with Crippen LogP contribution < -0.4 is 10.1 Å². The molecule has 0 bridgehead atoms. The Hall–Kier alpha value is -2.02. The molecule has 0 fully saturated rings. The first kappa shape index (κ1) is 14.4. The Morgan fingerprint density at radius 1 is 1.35 bits per heavy atom. The normalized spacial score (nSPS) is 10.8. The second kappa shape index (κ2) is 6.95. The highest BCUT2D eigenvalue weighted by molar-refractivity contribution is 5.29. The van der Waals surface area contributed by atoms with Crippen LogP contribution in [0.3, 0.4) is 0 Å². The highest BCUT2D eigenvalue weighted by Gasteiger charge is 2.08. The molecule has 0 radical (unpaired) electrons. The molecule has 2 rings (SSSR count). The van der Waals surface area contributed by atoms with Crippen molar-refractivity contribution in [3.8, 4) is 5.75 Å². The Bertz CT molecular complexity index is 554. The van der Waals surface area contributed by atoms with Crippen LogP contribution in [0.4, 0.5) is 0 Å². The number of pyridine rings is 1. The third-order valence-electron chi connectivity index (χ3n) is 2.70. The zero-order chi connectivity index (χ0) is 14.4. The van der Waals surface area contributed by atoms with E-state index in [-0.39, 0.29) is 0 Å². The van der Waals surface area contributed by atoms with Gasteiger partial charge in [0.05, 0.1) is 12.7 Å². The third kappa shape index (κ3) is 3.99. The molecule has 7 nitrogen and oxygen atoms in total. The lowest BCUT2D eigenvalue weighted by Crippen LogP contribution is -2.16. The third-order valence-corrected chi connectivity index (χ3v) is 2.70. The number of nitrogens with zero attached hydrogens (tertiary/aromatic N) is 5. The maximum Gasteiger partial charge on any atom is 0.212 e. The Balaban J connectivity index is 2.01. The molecule has 2 aromatic heterocycles. The van der Waals surface area contributed by atoms with E-state index in [1.54, 1.807) is 7.05 Å². The predicted molar refractivity (Wildman–Crippen MR) is 74.1 cm³/mol. The summed E-state index contributed by atoms with van der Waals surface area (Å²) in [6, 6.07) is 3.87. The van der Waals surface area contributed by atoms with E-state index in [4.69, 9.17) is 4.74 Å².